The lowest BCUT2D eigenvalue weighted by atomic mass is 10.1. The lowest BCUT2D eigenvalue weighted by Gasteiger charge is -2.20. The molecular weight excluding hydrogens is 352 g/mol. The number of aromatic nitrogens is 3. The molecule has 0 spiro atoms. The third kappa shape index (κ3) is 4.03. The van der Waals surface area contributed by atoms with Crippen molar-refractivity contribution < 1.29 is 9.53 Å². The third-order valence-corrected chi connectivity index (χ3v) is 4.12. The zero-order chi connectivity index (χ0) is 18.5. The molecule has 134 valence electrons. The van der Waals surface area contributed by atoms with Crippen LogP contribution in [0.25, 0.3) is 5.69 Å². The standard InChI is InChI=1S/C19H19ClN4O2/c1-3-26-18-8-7-16(20)9-15(18)11-23(2)19(25)14-5-4-6-17(10-14)24-12-21-22-13-24/h4-10,12-13H,3,11H2,1-2H3. The summed E-state index contributed by atoms with van der Waals surface area (Å²) in [5.74, 6) is 0.636. The van der Waals surface area contributed by atoms with Crippen molar-refractivity contribution in [2.24, 2.45) is 0 Å². The van der Waals surface area contributed by atoms with Gasteiger partial charge in [-0.3, -0.25) is 9.36 Å². The normalized spacial score (nSPS) is 10.6. The van der Waals surface area contributed by atoms with Crippen LogP contribution >= 0.6 is 11.6 Å². The minimum atomic E-state index is -0.0950. The Hall–Kier alpha value is -2.86. The Kier molecular flexibility index (Phi) is 5.53. The smallest absolute Gasteiger partial charge is 0.253 e. The number of benzene rings is 2. The van der Waals surface area contributed by atoms with Crippen LogP contribution in [0.4, 0.5) is 0 Å². The summed E-state index contributed by atoms with van der Waals surface area (Å²) in [6.45, 7) is 2.86. The van der Waals surface area contributed by atoms with Gasteiger partial charge in [-0.05, 0) is 43.3 Å². The van der Waals surface area contributed by atoms with Crippen LogP contribution in [0.15, 0.2) is 55.1 Å². The largest absolute Gasteiger partial charge is 0.494 e. The number of carbonyl (C=O) groups excluding carboxylic acids is 1. The topological polar surface area (TPSA) is 60.2 Å². The maximum absolute atomic E-state index is 12.8. The molecule has 0 N–H and O–H groups in total. The quantitative estimate of drug-likeness (QED) is 0.665. The SMILES string of the molecule is CCOc1ccc(Cl)cc1CN(C)C(=O)c1cccc(-n2cnnc2)c1. The number of ether oxygens (including phenoxy) is 1. The van der Waals surface area contributed by atoms with Crippen LogP contribution in [0, 0.1) is 0 Å². The second-order valence-electron chi connectivity index (χ2n) is 5.77. The van der Waals surface area contributed by atoms with E-state index in [1.165, 1.54) is 0 Å². The summed E-state index contributed by atoms with van der Waals surface area (Å²) >= 11 is 6.10. The molecule has 7 heteroatoms. The number of nitrogens with zero attached hydrogens (tertiary/aromatic N) is 4. The van der Waals surface area contributed by atoms with Crippen molar-refractivity contribution in [3.05, 3.63) is 71.3 Å². The second-order valence-corrected chi connectivity index (χ2v) is 6.20. The van der Waals surface area contributed by atoms with Gasteiger partial charge in [0, 0.05) is 35.4 Å². The number of rotatable bonds is 6. The summed E-state index contributed by atoms with van der Waals surface area (Å²) < 4.78 is 7.38. The molecule has 0 fully saturated rings. The van der Waals surface area contributed by atoms with Crippen LogP contribution in [0.2, 0.25) is 5.02 Å². The van der Waals surface area contributed by atoms with E-state index in [-0.39, 0.29) is 5.91 Å². The molecule has 0 saturated heterocycles. The van der Waals surface area contributed by atoms with E-state index in [2.05, 4.69) is 10.2 Å². The van der Waals surface area contributed by atoms with Crippen LogP contribution < -0.4 is 4.74 Å². The molecule has 0 unspecified atom stereocenters. The van der Waals surface area contributed by atoms with Crippen LogP contribution in [0.1, 0.15) is 22.8 Å². The zero-order valence-electron chi connectivity index (χ0n) is 14.6. The van der Waals surface area contributed by atoms with Gasteiger partial charge in [-0.1, -0.05) is 17.7 Å². The predicted molar refractivity (Wildman–Crippen MR) is 99.8 cm³/mol. The highest BCUT2D eigenvalue weighted by Crippen LogP contribution is 2.25. The number of halogens is 1. The Labute approximate surface area is 157 Å². The van der Waals surface area contributed by atoms with Gasteiger partial charge in [-0.15, -0.1) is 10.2 Å². The van der Waals surface area contributed by atoms with Gasteiger partial charge in [-0.2, -0.15) is 0 Å². The molecule has 1 aromatic heterocycles. The highest BCUT2D eigenvalue weighted by atomic mass is 35.5. The van der Waals surface area contributed by atoms with E-state index in [1.54, 1.807) is 41.3 Å². The van der Waals surface area contributed by atoms with Crippen molar-refractivity contribution >= 4 is 17.5 Å². The molecule has 3 aromatic rings. The van der Waals surface area contributed by atoms with Crippen LogP contribution in [-0.2, 0) is 6.54 Å². The molecule has 6 nitrogen and oxygen atoms in total. The van der Waals surface area contributed by atoms with E-state index in [0.29, 0.717) is 23.7 Å². The van der Waals surface area contributed by atoms with E-state index in [9.17, 15) is 4.79 Å². The molecule has 0 aliphatic rings. The van der Waals surface area contributed by atoms with Gasteiger partial charge < -0.3 is 9.64 Å². The molecule has 1 amide bonds. The summed E-state index contributed by atoms with van der Waals surface area (Å²) in [5, 5.41) is 8.19. The summed E-state index contributed by atoms with van der Waals surface area (Å²) in [4.78, 5) is 14.5. The molecule has 0 aliphatic heterocycles. The second kappa shape index (κ2) is 8.01. The van der Waals surface area contributed by atoms with Crippen LogP contribution in [0.5, 0.6) is 5.75 Å². The van der Waals surface area contributed by atoms with Gasteiger partial charge in [0.25, 0.3) is 5.91 Å². The first-order chi connectivity index (χ1) is 12.6. The Balaban J connectivity index is 1.81. The fourth-order valence-electron chi connectivity index (χ4n) is 2.65. The molecule has 3 rings (SSSR count). The highest BCUT2D eigenvalue weighted by Gasteiger charge is 2.15. The molecule has 0 saturated carbocycles. The minimum Gasteiger partial charge on any atom is -0.494 e. The van der Waals surface area contributed by atoms with Gasteiger partial charge in [-0.25, -0.2) is 0 Å². The molecule has 0 atom stereocenters. The van der Waals surface area contributed by atoms with E-state index < -0.39 is 0 Å². The van der Waals surface area contributed by atoms with Crippen molar-refractivity contribution in [1.29, 1.82) is 0 Å². The maximum atomic E-state index is 12.8. The van der Waals surface area contributed by atoms with Crippen molar-refractivity contribution in [3.8, 4) is 11.4 Å². The highest BCUT2D eigenvalue weighted by molar-refractivity contribution is 6.30. The van der Waals surface area contributed by atoms with Gasteiger partial charge in [0.1, 0.15) is 18.4 Å². The first-order valence-corrected chi connectivity index (χ1v) is 8.58. The number of hydrogen-bond donors (Lipinski definition) is 0. The lowest BCUT2D eigenvalue weighted by molar-refractivity contribution is 0.0784. The number of carbonyl (C=O) groups is 1. The van der Waals surface area contributed by atoms with Gasteiger partial charge in [0.2, 0.25) is 0 Å². The summed E-state index contributed by atoms with van der Waals surface area (Å²) in [6.07, 6.45) is 3.18. The molecular formula is C19H19ClN4O2. The fourth-order valence-corrected chi connectivity index (χ4v) is 2.84. The van der Waals surface area contributed by atoms with E-state index in [1.807, 2.05) is 37.3 Å². The summed E-state index contributed by atoms with van der Waals surface area (Å²) in [7, 11) is 1.75. The van der Waals surface area contributed by atoms with Crippen LogP contribution in [-0.4, -0.2) is 39.2 Å². The molecule has 0 aliphatic carbocycles. The molecule has 0 bridgehead atoms. The monoisotopic (exact) mass is 370 g/mol. The maximum Gasteiger partial charge on any atom is 0.253 e. The van der Waals surface area contributed by atoms with Gasteiger partial charge in [0.15, 0.2) is 0 Å². The van der Waals surface area contributed by atoms with Crippen molar-refractivity contribution in [1.82, 2.24) is 19.7 Å². The Bertz CT molecular complexity index is 896. The van der Waals surface area contributed by atoms with Crippen molar-refractivity contribution in [2.75, 3.05) is 13.7 Å². The lowest BCUT2D eigenvalue weighted by Crippen LogP contribution is -2.26. The number of amides is 1. The van der Waals surface area contributed by atoms with Gasteiger partial charge in [0.05, 0.1) is 6.61 Å². The first kappa shape index (κ1) is 17.9. The number of hydrogen-bond acceptors (Lipinski definition) is 4. The van der Waals surface area contributed by atoms with E-state index in [0.717, 1.165) is 17.0 Å². The minimum absolute atomic E-state index is 0.0950. The molecule has 2 aromatic carbocycles. The Morgan fingerprint density at radius 3 is 2.69 bits per heavy atom. The third-order valence-electron chi connectivity index (χ3n) is 3.89. The average molecular weight is 371 g/mol. The predicted octanol–water partition coefficient (Wildman–Crippen LogP) is 3.59. The van der Waals surface area contributed by atoms with Crippen LogP contribution in [0.3, 0.4) is 0 Å². The Morgan fingerprint density at radius 2 is 1.96 bits per heavy atom. The fraction of sp³-hybridized carbons (Fsp3) is 0.211. The van der Waals surface area contributed by atoms with Crippen molar-refractivity contribution in [3.63, 3.8) is 0 Å². The molecule has 1 heterocycles. The molecule has 0 radical (unpaired) electrons. The van der Waals surface area contributed by atoms with Crippen molar-refractivity contribution in [2.45, 2.75) is 13.5 Å². The van der Waals surface area contributed by atoms with E-state index in [4.69, 9.17) is 16.3 Å². The molecule has 26 heavy (non-hydrogen) atoms. The summed E-state index contributed by atoms with van der Waals surface area (Å²) in [5.41, 5.74) is 2.27. The summed E-state index contributed by atoms with van der Waals surface area (Å²) in [6, 6.07) is 12.8. The van der Waals surface area contributed by atoms with Gasteiger partial charge >= 0.3 is 0 Å². The zero-order valence-corrected chi connectivity index (χ0v) is 15.3. The first-order valence-electron chi connectivity index (χ1n) is 8.20. The average Bonchev–Trinajstić information content (AvgIpc) is 3.18. The van der Waals surface area contributed by atoms with E-state index >= 15 is 0 Å². The Morgan fingerprint density at radius 1 is 1.19 bits per heavy atom.